The van der Waals surface area contributed by atoms with E-state index in [2.05, 4.69) is 74.8 Å². The first-order valence-corrected chi connectivity index (χ1v) is 9.04. The molecule has 0 fully saturated rings. The number of amidine groups is 1. The van der Waals surface area contributed by atoms with E-state index in [9.17, 15) is 5.11 Å². The molecule has 0 amide bonds. The number of halogens is 1. The molecule has 0 radical (unpaired) electrons. The molecule has 0 saturated heterocycles. The number of rotatable bonds is 2. The van der Waals surface area contributed by atoms with Gasteiger partial charge >= 0.3 is 6.02 Å². The summed E-state index contributed by atoms with van der Waals surface area (Å²) in [5.74, 6) is 0. The Labute approximate surface area is 152 Å². The lowest BCUT2D eigenvalue weighted by Crippen LogP contribution is -2.29. The van der Waals surface area contributed by atoms with Crippen molar-refractivity contribution in [3.05, 3.63) is 56.6 Å². The fraction of sp³-hybridized carbons (Fsp3) is 0.350. The summed E-state index contributed by atoms with van der Waals surface area (Å²) in [5, 5.41) is 10.9. The topological polar surface area (TPSA) is 26.5 Å². The van der Waals surface area contributed by atoms with Crippen LogP contribution < -0.4 is 4.90 Å². The lowest BCUT2D eigenvalue weighted by atomic mass is 10.0. The predicted molar refractivity (Wildman–Crippen MR) is 104 cm³/mol. The van der Waals surface area contributed by atoms with Crippen molar-refractivity contribution >= 4 is 33.3 Å². The van der Waals surface area contributed by atoms with Crippen LogP contribution in [0.2, 0.25) is 0 Å². The fourth-order valence-corrected chi connectivity index (χ4v) is 4.58. The molecule has 0 atom stereocenters. The Morgan fingerprint density at radius 3 is 2.00 bits per heavy atom. The first-order valence-electron chi connectivity index (χ1n) is 8.25. The van der Waals surface area contributed by atoms with Gasteiger partial charge < -0.3 is 5.11 Å². The summed E-state index contributed by atoms with van der Waals surface area (Å²) in [5.41, 5.74) is 8.19. The van der Waals surface area contributed by atoms with Crippen molar-refractivity contribution in [3.63, 3.8) is 0 Å². The van der Waals surface area contributed by atoms with Crippen molar-refractivity contribution in [2.45, 2.75) is 34.6 Å². The summed E-state index contributed by atoms with van der Waals surface area (Å²) >= 11 is 3.55. The van der Waals surface area contributed by atoms with E-state index >= 15 is 0 Å². The molecule has 0 saturated carbocycles. The molecule has 0 aromatic heterocycles. The van der Waals surface area contributed by atoms with Crippen LogP contribution in [0.1, 0.15) is 27.8 Å². The number of hydrogen-bond donors (Lipinski definition) is 1. The van der Waals surface area contributed by atoms with Crippen LogP contribution in [0.3, 0.4) is 0 Å². The van der Waals surface area contributed by atoms with Crippen LogP contribution in [-0.2, 0) is 0 Å². The van der Waals surface area contributed by atoms with Gasteiger partial charge in [-0.05, 0) is 69.0 Å². The monoisotopic (exact) mass is 387 g/mol. The highest BCUT2D eigenvalue weighted by molar-refractivity contribution is 9.10. The van der Waals surface area contributed by atoms with Crippen LogP contribution >= 0.6 is 15.9 Å². The molecule has 1 heterocycles. The van der Waals surface area contributed by atoms with Gasteiger partial charge in [-0.1, -0.05) is 33.6 Å². The standard InChI is InChI=1S/C20H23BrN2O/c1-12-8-13(2)18(14(3)9-12)22-6-7-23(20(22)24)19-15(4)10-17(21)11-16(19)5/h8-11H,6-7H2,1-5H3/p+1. The highest BCUT2D eigenvalue weighted by Crippen LogP contribution is 2.32. The Bertz CT molecular complexity index is 809. The molecule has 126 valence electrons. The molecule has 4 heteroatoms. The van der Waals surface area contributed by atoms with Crippen molar-refractivity contribution in [2.24, 2.45) is 0 Å². The van der Waals surface area contributed by atoms with Gasteiger partial charge in [0.05, 0.1) is 0 Å². The summed E-state index contributed by atoms with van der Waals surface area (Å²) in [6.45, 7) is 12.1. The maximum Gasteiger partial charge on any atom is 0.454 e. The Kier molecular flexibility index (Phi) is 4.43. The highest BCUT2D eigenvalue weighted by atomic mass is 79.9. The molecule has 2 aromatic carbocycles. The lowest BCUT2D eigenvalue weighted by molar-refractivity contribution is -0.438. The van der Waals surface area contributed by atoms with Gasteiger partial charge in [-0.2, -0.15) is 9.48 Å². The third-order valence-electron chi connectivity index (χ3n) is 4.66. The van der Waals surface area contributed by atoms with Crippen LogP contribution in [0.15, 0.2) is 28.7 Å². The fourth-order valence-electron chi connectivity index (χ4n) is 3.90. The molecule has 0 aliphatic carbocycles. The maximum absolute atomic E-state index is 10.9. The zero-order valence-electron chi connectivity index (χ0n) is 14.9. The smallest absolute Gasteiger partial charge is 0.446 e. The zero-order valence-corrected chi connectivity index (χ0v) is 16.5. The second-order valence-electron chi connectivity index (χ2n) is 6.74. The van der Waals surface area contributed by atoms with Crippen molar-refractivity contribution in [1.82, 2.24) is 0 Å². The molecule has 1 aliphatic heterocycles. The van der Waals surface area contributed by atoms with Crippen molar-refractivity contribution in [3.8, 4) is 0 Å². The van der Waals surface area contributed by atoms with Gasteiger partial charge in [0.25, 0.3) is 0 Å². The van der Waals surface area contributed by atoms with Crippen molar-refractivity contribution in [2.75, 3.05) is 18.0 Å². The Morgan fingerprint density at radius 2 is 1.46 bits per heavy atom. The van der Waals surface area contributed by atoms with E-state index in [1.807, 2.05) is 9.48 Å². The number of aryl methyl sites for hydroxylation is 5. The van der Waals surface area contributed by atoms with Crippen LogP contribution in [0.25, 0.3) is 0 Å². The third-order valence-corrected chi connectivity index (χ3v) is 5.12. The quantitative estimate of drug-likeness (QED) is 0.728. The third kappa shape index (κ3) is 2.84. The van der Waals surface area contributed by atoms with Crippen molar-refractivity contribution < 1.29 is 9.68 Å². The minimum Gasteiger partial charge on any atom is -0.446 e. The van der Waals surface area contributed by atoms with Crippen molar-refractivity contribution in [1.29, 1.82) is 0 Å². The summed E-state index contributed by atoms with van der Waals surface area (Å²) < 4.78 is 3.09. The Hall–Kier alpha value is -1.81. The van der Waals surface area contributed by atoms with E-state index in [1.54, 1.807) is 0 Å². The molecule has 24 heavy (non-hydrogen) atoms. The van der Waals surface area contributed by atoms with Gasteiger partial charge in [0.1, 0.15) is 24.5 Å². The van der Waals surface area contributed by atoms with Gasteiger partial charge in [0.15, 0.2) is 0 Å². The van der Waals surface area contributed by atoms with E-state index in [4.69, 9.17) is 0 Å². The molecule has 3 nitrogen and oxygen atoms in total. The molecule has 3 rings (SSSR count). The number of hydrogen-bond acceptors (Lipinski definition) is 1. The Balaban J connectivity index is 2.12. The summed E-state index contributed by atoms with van der Waals surface area (Å²) in [6.07, 6.45) is 0. The largest absolute Gasteiger partial charge is 0.454 e. The molecule has 1 aliphatic rings. The van der Waals surface area contributed by atoms with Crippen LogP contribution in [-0.4, -0.2) is 28.8 Å². The van der Waals surface area contributed by atoms with E-state index in [1.165, 1.54) is 16.7 Å². The van der Waals surface area contributed by atoms with E-state index in [-0.39, 0.29) is 0 Å². The molecular formula is C20H24BrN2O+. The van der Waals surface area contributed by atoms with Crippen LogP contribution in [0.4, 0.5) is 11.4 Å². The number of benzene rings is 2. The summed E-state index contributed by atoms with van der Waals surface area (Å²) in [6, 6.07) is 8.86. The first-order chi connectivity index (χ1) is 11.3. The second kappa shape index (κ2) is 6.25. The minimum atomic E-state index is 0.318. The highest BCUT2D eigenvalue weighted by Gasteiger charge is 2.36. The molecule has 1 N–H and O–H groups in total. The number of aliphatic hydroxyl groups is 1. The van der Waals surface area contributed by atoms with Crippen LogP contribution in [0.5, 0.6) is 0 Å². The molecule has 0 unspecified atom stereocenters. The minimum absolute atomic E-state index is 0.318. The van der Waals surface area contributed by atoms with Gasteiger partial charge in [0.2, 0.25) is 0 Å². The van der Waals surface area contributed by atoms with Gasteiger partial charge in [-0.25, -0.2) is 0 Å². The van der Waals surface area contributed by atoms with E-state index in [0.29, 0.717) is 6.02 Å². The number of anilines is 1. The maximum atomic E-state index is 10.9. The first kappa shape index (κ1) is 17.0. The predicted octanol–water partition coefficient (Wildman–Crippen LogP) is 5.07. The number of nitrogens with zero attached hydrogens (tertiary/aromatic N) is 2. The SMILES string of the molecule is Cc1cc(C)c(N2CC[N+](c3c(C)cc(Br)cc3C)=C2O)c(C)c1. The van der Waals surface area contributed by atoms with Gasteiger partial charge in [0, 0.05) is 4.47 Å². The molecule has 2 aromatic rings. The second-order valence-corrected chi connectivity index (χ2v) is 7.65. The zero-order chi connectivity index (χ0) is 17.6. The van der Waals surface area contributed by atoms with Crippen LogP contribution in [0, 0.1) is 34.6 Å². The van der Waals surface area contributed by atoms with Gasteiger partial charge in [-0.15, -0.1) is 0 Å². The average Bonchev–Trinajstić information content (AvgIpc) is 2.79. The Morgan fingerprint density at radius 1 is 0.917 bits per heavy atom. The van der Waals surface area contributed by atoms with Gasteiger partial charge in [-0.3, -0.25) is 0 Å². The average molecular weight is 388 g/mol. The summed E-state index contributed by atoms with van der Waals surface area (Å²) in [4.78, 5) is 2.03. The molecular weight excluding hydrogens is 364 g/mol. The number of aliphatic hydroxyl groups excluding tert-OH is 1. The lowest BCUT2D eigenvalue weighted by Gasteiger charge is -2.15. The van der Waals surface area contributed by atoms with E-state index < -0.39 is 0 Å². The van der Waals surface area contributed by atoms with E-state index in [0.717, 1.165) is 40.1 Å². The normalized spacial score (nSPS) is 14.7. The summed E-state index contributed by atoms with van der Waals surface area (Å²) in [7, 11) is 0. The molecule has 0 spiro atoms. The molecule has 0 bridgehead atoms.